The van der Waals surface area contributed by atoms with Crippen molar-refractivity contribution in [3.05, 3.63) is 37.8 Å². The van der Waals surface area contributed by atoms with Gasteiger partial charge in [0.1, 0.15) is 6.10 Å². The van der Waals surface area contributed by atoms with E-state index in [1.54, 1.807) is 0 Å². The monoisotopic (exact) mass is 257 g/mol. The molecule has 8 heteroatoms. The molecule has 1 aromatic heterocycles. The van der Waals surface area contributed by atoms with E-state index < -0.39 is 28.4 Å². The van der Waals surface area contributed by atoms with Crippen LogP contribution >= 0.6 is 0 Å². The van der Waals surface area contributed by atoms with E-state index in [1.807, 2.05) is 0 Å². The van der Waals surface area contributed by atoms with Crippen molar-refractivity contribution in [3.8, 4) is 0 Å². The van der Waals surface area contributed by atoms with E-state index in [1.165, 1.54) is 6.92 Å². The van der Waals surface area contributed by atoms with Gasteiger partial charge in [-0.3, -0.25) is 14.9 Å². The van der Waals surface area contributed by atoms with Gasteiger partial charge in [0.15, 0.2) is 0 Å². The molecule has 1 heterocycles. The Balaban J connectivity index is 3.23. The molecule has 100 valence electrons. The Morgan fingerprint density at radius 2 is 2.17 bits per heavy atom. The van der Waals surface area contributed by atoms with Crippen molar-refractivity contribution >= 4 is 5.69 Å². The zero-order chi connectivity index (χ0) is 13.9. The second-order valence-corrected chi connectivity index (χ2v) is 3.89. The minimum Gasteiger partial charge on any atom is -0.390 e. The van der Waals surface area contributed by atoms with Crippen LogP contribution in [0.4, 0.5) is 5.69 Å². The maximum atomic E-state index is 11.3. The van der Waals surface area contributed by atoms with Crippen LogP contribution in [0.25, 0.3) is 0 Å². The summed E-state index contributed by atoms with van der Waals surface area (Å²) < 4.78 is 0. The van der Waals surface area contributed by atoms with E-state index in [9.17, 15) is 25.1 Å². The second kappa shape index (κ2) is 5.71. The number of nitrogens with two attached hydrogens (primary N) is 1. The highest BCUT2D eigenvalue weighted by molar-refractivity contribution is 5.42. The summed E-state index contributed by atoms with van der Waals surface area (Å²) in [5.74, 6) is 0. The van der Waals surface area contributed by atoms with Gasteiger partial charge in [0.2, 0.25) is 0 Å². The molecule has 0 aliphatic rings. The molecule has 0 aromatic carbocycles. The van der Waals surface area contributed by atoms with Crippen molar-refractivity contribution in [2.45, 2.75) is 25.6 Å². The summed E-state index contributed by atoms with van der Waals surface area (Å²) in [4.78, 5) is 23.4. The Morgan fingerprint density at radius 1 is 1.56 bits per heavy atom. The van der Waals surface area contributed by atoms with E-state index in [-0.39, 0.29) is 24.1 Å². The number of hydrogen-bond acceptors (Lipinski definition) is 6. The van der Waals surface area contributed by atoms with Gasteiger partial charge in [-0.2, -0.15) is 0 Å². The molecule has 0 saturated heterocycles. The summed E-state index contributed by atoms with van der Waals surface area (Å²) in [7, 11) is 0. The average Bonchev–Trinajstić information content (AvgIpc) is 2.28. The molecule has 0 bridgehead atoms. The molecule has 2 unspecified atom stereocenters. The number of nitrogens with one attached hydrogen (secondary N) is 1. The van der Waals surface area contributed by atoms with Crippen molar-refractivity contribution in [2.75, 3.05) is 6.54 Å². The Hall–Kier alpha value is -1.77. The van der Waals surface area contributed by atoms with E-state index in [4.69, 9.17) is 5.73 Å². The summed E-state index contributed by atoms with van der Waals surface area (Å²) in [5, 5.41) is 30.2. The topological polar surface area (TPSA) is 142 Å². The summed E-state index contributed by atoms with van der Waals surface area (Å²) in [6.07, 6.45) is -1.16. The first-order valence-corrected chi connectivity index (χ1v) is 5.33. The third-order valence-electron chi connectivity index (χ3n) is 2.69. The van der Waals surface area contributed by atoms with Crippen LogP contribution < -0.4 is 11.3 Å². The number of aromatic nitrogens is 1. The number of hydrogen-bond donors (Lipinski definition) is 4. The highest BCUT2D eigenvalue weighted by Gasteiger charge is 2.26. The van der Waals surface area contributed by atoms with Gasteiger partial charge in [0, 0.05) is 17.3 Å². The zero-order valence-electron chi connectivity index (χ0n) is 9.79. The molecule has 0 radical (unpaired) electrons. The third-order valence-corrected chi connectivity index (χ3v) is 2.69. The molecule has 8 nitrogen and oxygen atoms in total. The van der Waals surface area contributed by atoms with Gasteiger partial charge in [0.25, 0.3) is 0 Å². The highest BCUT2D eigenvalue weighted by Crippen LogP contribution is 2.25. The largest absolute Gasteiger partial charge is 0.390 e. The van der Waals surface area contributed by atoms with Crippen molar-refractivity contribution in [3.63, 3.8) is 0 Å². The van der Waals surface area contributed by atoms with Gasteiger partial charge in [-0.25, -0.2) is 0 Å². The number of nitrogens with zero attached hydrogens (tertiary/aromatic N) is 1. The van der Waals surface area contributed by atoms with Crippen LogP contribution in [0, 0.1) is 17.0 Å². The van der Waals surface area contributed by atoms with Crippen LogP contribution in [0.15, 0.2) is 11.0 Å². The number of nitro groups is 1. The maximum Gasteiger partial charge on any atom is 0.337 e. The van der Waals surface area contributed by atoms with Crippen LogP contribution in [0.3, 0.4) is 0 Å². The number of H-pyrrole nitrogens is 1. The first-order chi connectivity index (χ1) is 8.40. The quantitative estimate of drug-likeness (QED) is 0.407. The number of aromatic amines is 1. The number of aliphatic hydroxyl groups is 2. The van der Waals surface area contributed by atoms with Crippen molar-refractivity contribution in [1.29, 1.82) is 0 Å². The van der Waals surface area contributed by atoms with Crippen LogP contribution in [0.1, 0.15) is 23.7 Å². The van der Waals surface area contributed by atoms with Gasteiger partial charge < -0.3 is 20.9 Å². The Labute approximate surface area is 102 Å². The van der Waals surface area contributed by atoms with Crippen molar-refractivity contribution < 1.29 is 15.1 Å². The fourth-order valence-electron chi connectivity index (χ4n) is 1.69. The molecule has 2 atom stereocenters. The van der Waals surface area contributed by atoms with Crippen molar-refractivity contribution in [1.82, 2.24) is 4.98 Å². The number of aliphatic hydroxyl groups excluding tert-OH is 2. The molecular weight excluding hydrogens is 242 g/mol. The van der Waals surface area contributed by atoms with Crippen LogP contribution in [-0.2, 0) is 0 Å². The fraction of sp³-hybridized carbons (Fsp3) is 0.500. The lowest BCUT2D eigenvalue weighted by Gasteiger charge is -2.18. The lowest BCUT2D eigenvalue weighted by atomic mass is 9.99. The van der Waals surface area contributed by atoms with Crippen LogP contribution in [0.2, 0.25) is 0 Å². The fourth-order valence-corrected chi connectivity index (χ4v) is 1.69. The first kappa shape index (κ1) is 14.3. The second-order valence-electron chi connectivity index (χ2n) is 3.89. The standard InChI is InChI=1S/C10H15N3O5/c1-5-6(9(15)7(14)2-3-11)4-12-10(16)8(5)13(17)18/h4,7,9,14-15H,2-3,11H2,1H3,(H,12,16). The molecule has 0 saturated carbocycles. The van der Waals surface area contributed by atoms with E-state index in [0.29, 0.717) is 0 Å². The molecule has 0 amide bonds. The zero-order valence-corrected chi connectivity index (χ0v) is 9.79. The van der Waals surface area contributed by atoms with Gasteiger partial charge in [-0.05, 0) is 19.9 Å². The van der Waals surface area contributed by atoms with Gasteiger partial charge in [0.05, 0.1) is 11.0 Å². The summed E-state index contributed by atoms with van der Waals surface area (Å²) in [5.41, 5.74) is 3.92. The highest BCUT2D eigenvalue weighted by atomic mass is 16.6. The van der Waals surface area contributed by atoms with Crippen LogP contribution in [0.5, 0.6) is 0 Å². The molecule has 0 spiro atoms. The minimum absolute atomic E-state index is 0.0346. The Kier molecular flexibility index (Phi) is 4.54. The molecule has 0 fully saturated rings. The molecule has 0 aliphatic heterocycles. The third kappa shape index (κ3) is 2.73. The van der Waals surface area contributed by atoms with Gasteiger partial charge in [-0.15, -0.1) is 0 Å². The molecule has 1 aromatic rings. The maximum absolute atomic E-state index is 11.3. The van der Waals surface area contributed by atoms with E-state index >= 15 is 0 Å². The Morgan fingerprint density at radius 3 is 2.67 bits per heavy atom. The summed E-state index contributed by atoms with van der Waals surface area (Å²) in [6, 6.07) is 0. The first-order valence-electron chi connectivity index (χ1n) is 5.33. The van der Waals surface area contributed by atoms with E-state index in [0.717, 1.165) is 6.20 Å². The average molecular weight is 257 g/mol. The number of rotatable bonds is 5. The molecule has 18 heavy (non-hydrogen) atoms. The minimum atomic E-state index is -1.33. The molecule has 1 rings (SSSR count). The summed E-state index contributed by atoms with van der Waals surface area (Å²) >= 11 is 0. The lowest BCUT2D eigenvalue weighted by molar-refractivity contribution is -0.387. The normalized spacial score (nSPS) is 14.2. The lowest BCUT2D eigenvalue weighted by Crippen LogP contribution is -2.24. The number of pyridine rings is 1. The van der Waals surface area contributed by atoms with Crippen molar-refractivity contribution in [2.24, 2.45) is 5.73 Å². The van der Waals surface area contributed by atoms with Gasteiger partial charge >= 0.3 is 11.2 Å². The predicted molar refractivity (Wildman–Crippen MR) is 63.1 cm³/mol. The molecular formula is C10H15N3O5. The SMILES string of the molecule is Cc1c(C(O)C(O)CCN)c[nH]c(=O)c1[N+](=O)[O-]. The smallest absolute Gasteiger partial charge is 0.337 e. The van der Waals surface area contributed by atoms with E-state index in [2.05, 4.69) is 4.98 Å². The Bertz CT molecular complexity index is 499. The summed E-state index contributed by atoms with van der Waals surface area (Å²) in [6.45, 7) is 1.52. The van der Waals surface area contributed by atoms with Crippen LogP contribution in [-0.4, -0.2) is 32.8 Å². The molecule has 0 aliphatic carbocycles. The molecule has 5 N–H and O–H groups in total. The van der Waals surface area contributed by atoms with Gasteiger partial charge in [-0.1, -0.05) is 0 Å². The predicted octanol–water partition coefficient (Wildman–Crippen LogP) is -0.665.